The Bertz CT molecular complexity index is 1810. The van der Waals surface area contributed by atoms with E-state index in [1.54, 1.807) is 12.1 Å². The number of carbonyl (C=O) groups is 2. The van der Waals surface area contributed by atoms with E-state index in [4.69, 9.17) is 0 Å². The smallest absolute Gasteiger partial charge is 0.471 e. The molecule has 0 bridgehead atoms. The van der Waals surface area contributed by atoms with Gasteiger partial charge in [0, 0.05) is 54.3 Å². The summed E-state index contributed by atoms with van der Waals surface area (Å²) in [4.78, 5) is 30.5. The van der Waals surface area contributed by atoms with Crippen LogP contribution in [0.25, 0.3) is 5.57 Å². The van der Waals surface area contributed by atoms with Crippen LogP contribution in [-0.2, 0) is 32.5 Å². The first kappa shape index (κ1) is 28.9. The zero-order valence-corrected chi connectivity index (χ0v) is 24.9. The first-order valence-corrected chi connectivity index (χ1v) is 16.7. The highest BCUT2D eigenvalue weighted by atomic mass is 32.2. The number of amides is 1. The third-order valence-electron chi connectivity index (χ3n) is 9.24. The Balaban J connectivity index is 1.43. The molecule has 2 aliphatic carbocycles. The minimum atomic E-state index is -5.16. The molecular formula is C31H31F3N4O5S. The van der Waals surface area contributed by atoms with Crippen LogP contribution in [0.4, 0.5) is 24.5 Å². The van der Waals surface area contributed by atoms with E-state index in [-0.39, 0.29) is 33.7 Å². The van der Waals surface area contributed by atoms with Gasteiger partial charge in [-0.15, -0.1) is 0 Å². The molecular weight excluding hydrogens is 597 g/mol. The minimum Gasteiger partial charge on any atom is -0.506 e. The molecule has 0 spiro atoms. The molecule has 7 rings (SSSR count). The molecule has 4 aliphatic heterocycles. The first-order chi connectivity index (χ1) is 20.8. The van der Waals surface area contributed by atoms with E-state index in [1.807, 2.05) is 5.32 Å². The van der Waals surface area contributed by atoms with Gasteiger partial charge in [0.1, 0.15) is 5.76 Å². The van der Waals surface area contributed by atoms with E-state index in [0.29, 0.717) is 43.2 Å². The number of aliphatic hydroxyl groups is 1. The molecule has 6 aliphatic rings. The number of anilines is 2. The predicted octanol–water partition coefficient (Wildman–Crippen LogP) is 4.52. The highest BCUT2D eigenvalue weighted by molar-refractivity contribution is 7.89. The summed E-state index contributed by atoms with van der Waals surface area (Å²) in [7, 11) is -3.90. The Morgan fingerprint density at radius 3 is 2.32 bits per heavy atom. The highest BCUT2D eigenvalue weighted by Crippen LogP contribution is 2.50. The molecule has 1 saturated heterocycles. The van der Waals surface area contributed by atoms with Crippen LogP contribution >= 0.6 is 0 Å². The summed E-state index contributed by atoms with van der Waals surface area (Å²) in [5.74, 6) is -3.25. The van der Waals surface area contributed by atoms with Crippen LogP contribution in [0.1, 0.15) is 55.2 Å². The molecule has 232 valence electrons. The summed E-state index contributed by atoms with van der Waals surface area (Å²) in [5, 5.41) is 13.6. The molecule has 0 atom stereocenters. The summed E-state index contributed by atoms with van der Waals surface area (Å²) < 4.78 is 69.3. The number of halogens is 3. The summed E-state index contributed by atoms with van der Waals surface area (Å²) in [6.45, 7) is 3.13. The Kier molecular flexibility index (Phi) is 6.61. The summed E-state index contributed by atoms with van der Waals surface area (Å²) in [6, 6.07) is 1.61. The van der Waals surface area contributed by atoms with Gasteiger partial charge < -0.3 is 20.2 Å². The lowest BCUT2D eigenvalue weighted by molar-refractivity contribution is -0.167. The second-order valence-electron chi connectivity index (χ2n) is 12.1. The van der Waals surface area contributed by atoms with Crippen molar-refractivity contribution in [3.63, 3.8) is 0 Å². The molecule has 44 heavy (non-hydrogen) atoms. The van der Waals surface area contributed by atoms with Crippen molar-refractivity contribution in [3.05, 3.63) is 62.6 Å². The number of alkyl halides is 3. The molecule has 1 aromatic carbocycles. The van der Waals surface area contributed by atoms with Crippen LogP contribution < -0.4 is 10.2 Å². The van der Waals surface area contributed by atoms with Gasteiger partial charge in [0.25, 0.3) is 10.0 Å². The molecule has 9 nitrogen and oxygen atoms in total. The standard InChI is InChI=1S/C31H31F3N4O5S/c1-44(42,43)36-25-19-9-5-13-38-11-3-7-17(27(19)38)15-21(25)23-28(39)22(29(23)40)20-14-16-6-2-10-37-12-4-8-18(26(16)37)24(20)35-30(41)31(32,33)34/h14-15,39H,2-13H2,1H3,(H,35,41). The molecule has 13 heteroatoms. The molecule has 1 aromatic rings. The number of nitrogens with one attached hydrogen (secondary N) is 1. The second-order valence-corrected chi connectivity index (χ2v) is 13.8. The summed E-state index contributed by atoms with van der Waals surface area (Å²) in [6.07, 6.45) is 2.97. The van der Waals surface area contributed by atoms with Crippen molar-refractivity contribution in [2.75, 3.05) is 42.7 Å². The van der Waals surface area contributed by atoms with Gasteiger partial charge in [-0.2, -0.15) is 17.6 Å². The normalized spacial score (nSPS) is 24.2. The number of piperidine rings is 1. The van der Waals surface area contributed by atoms with Crippen molar-refractivity contribution in [2.24, 2.45) is 4.40 Å². The fourth-order valence-corrected chi connectivity index (χ4v) is 8.13. The fourth-order valence-electron chi connectivity index (χ4n) is 7.59. The third kappa shape index (κ3) is 4.58. The second kappa shape index (κ2) is 10.1. The van der Waals surface area contributed by atoms with Crippen LogP contribution in [0.2, 0.25) is 0 Å². The van der Waals surface area contributed by atoms with Crippen molar-refractivity contribution in [3.8, 4) is 0 Å². The fraction of sp³-hybridized carbons (Fsp3) is 0.452. The van der Waals surface area contributed by atoms with Gasteiger partial charge in [0.2, 0.25) is 5.78 Å². The van der Waals surface area contributed by atoms with Crippen LogP contribution in [0.3, 0.4) is 0 Å². The van der Waals surface area contributed by atoms with Crippen LogP contribution in [0.15, 0.2) is 50.3 Å². The van der Waals surface area contributed by atoms with Gasteiger partial charge in [0.05, 0.1) is 28.8 Å². The van der Waals surface area contributed by atoms with E-state index in [1.165, 1.54) is 0 Å². The zero-order chi connectivity index (χ0) is 31.1. The van der Waals surface area contributed by atoms with Gasteiger partial charge >= 0.3 is 12.1 Å². The number of aliphatic hydroxyl groups excluding tert-OH is 1. The molecule has 0 aromatic heterocycles. The Morgan fingerprint density at radius 1 is 0.977 bits per heavy atom. The number of aryl methyl sites for hydroxylation is 1. The Morgan fingerprint density at radius 2 is 1.64 bits per heavy atom. The lowest BCUT2D eigenvalue weighted by Gasteiger charge is -2.42. The number of carbonyl (C=O) groups excluding carboxylic acids is 2. The van der Waals surface area contributed by atoms with Crippen LogP contribution in [-0.4, -0.2) is 74.4 Å². The highest BCUT2D eigenvalue weighted by Gasteiger charge is 2.45. The Labute approximate surface area is 252 Å². The zero-order valence-electron chi connectivity index (χ0n) is 24.1. The number of ketones is 1. The van der Waals surface area contributed by atoms with E-state index in [9.17, 15) is 36.3 Å². The van der Waals surface area contributed by atoms with Gasteiger partial charge in [-0.25, -0.2) is 8.42 Å². The van der Waals surface area contributed by atoms with E-state index < -0.39 is 33.6 Å². The lowest BCUT2D eigenvalue weighted by Crippen LogP contribution is -2.39. The number of benzene rings is 1. The van der Waals surface area contributed by atoms with Crippen molar-refractivity contribution in [1.82, 2.24) is 4.90 Å². The SMILES string of the molecule is CS(=O)(=O)N=C1C(=C2C(=O)C(c3cc4c5c(c3NC(=O)C(F)(F)F)CCCN5CCC4)=C2O)C=C2CCCN3CCCC1=C23. The number of sulfonamides is 1. The molecule has 0 unspecified atom stereocenters. The maximum Gasteiger partial charge on any atom is 0.471 e. The van der Waals surface area contributed by atoms with Gasteiger partial charge in [-0.3, -0.25) is 9.59 Å². The number of allylic oxidation sites excluding steroid dienone is 6. The molecule has 0 radical (unpaired) electrons. The van der Waals surface area contributed by atoms with E-state index in [2.05, 4.69) is 14.2 Å². The van der Waals surface area contributed by atoms with E-state index >= 15 is 0 Å². The monoisotopic (exact) mass is 628 g/mol. The first-order valence-electron chi connectivity index (χ1n) is 14.9. The third-order valence-corrected chi connectivity index (χ3v) is 9.75. The lowest BCUT2D eigenvalue weighted by atomic mass is 9.73. The number of Topliss-reactive ketones (excluding diaryl/α,β-unsaturated/α-hetero) is 1. The molecule has 4 heterocycles. The van der Waals surface area contributed by atoms with Crippen molar-refractivity contribution >= 4 is 44.4 Å². The molecule has 1 fully saturated rings. The summed E-state index contributed by atoms with van der Waals surface area (Å²) in [5.41, 5.74) is 4.65. The largest absolute Gasteiger partial charge is 0.506 e. The van der Waals surface area contributed by atoms with Crippen LogP contribution in [0, 0.1) is 0 Å². The number of rotatable bonds is 3. The van der Waals surface area contributed by atoms with Gasteiger partial charge in [0.15, 0.2) is 0 Å². The average molecular weight is 629 g/mol. The van der Waals surface area contributed by atoms with Crippen molar-refractivity contribution in [2.45, 2.75) is 57.5 Å². The van der Waals surface area contributed by atoms with Gasteiger partial charge in [-0.05, 0) is 80.2 Å². The minimum absolute atomic E-state index is 0.0402. The molecule has 1 amide bonds. The van der Waals surface area contributed by atoms with Crippen molar-refractivity contribution < 1.29 is 36.3 Å². The van der Waals surface area contributed by atoms with Gasteiger partial charge in [-0.1, -0.05) is 0 Å². The predicted molar refractivity (Wildman–Crippen MR) is 159 cm³/mol. The number of nitrogens with zero attached hydrogens (tertiary/aromatic N) is 3. The topological polar surface area (TPSA) is 119 Å². The number of hydrogen-bond donors (Lipinski definition) is 2. The summed E-state index contributed by atoms with van der Waals surface area (Å²) >= 11 is 0. The van der Waals surface area contributed by atoms with E-state index in [0.717, 1.165) is 74.2 Å². The average Bonchev–Trinajstić information content (AvgIpc) is 2.96. The molecule has 0 saturated carbocycles. The maximum absolute atomic E-state index is 14.0. The molecule has 2 N–H and O–H groups in total. The Hall–Kier alpha value is -3.87. The van der Waals surface area contributed by atoms with Crippen LogP contribution in [0.5, 0.6) is 0 Å². The quantitative estimate of drug-likeness (QED) is 0.473. The van der Waals surface area contributed by atoms with Crippen molar-refractivity contribution in [1.29, 1.82) is 0 Å². The maximum atomic E-state index is 14.0. The number of hydrogen-bond acceptors (Lipinski definition) is 7.